The maximum Gasteiger partial charge on any atom is 0.272 e. The van der Waals surface area contributed by atoms with E-state index in [4.69, 9.17) is 11.6 Å². The Bertz CT molecular complexity index is 696. The first-order valence-corrected chi connectivity index (χ1v) is 7.69. The Balaban J connectivity index is 1.94. The molecule has 1 aromatic carbocycles. The summed E-state index contributed by atoms with van der Waals surface area (Å²) in [5.41, 5.74) is 1.38. The molecule has 0 N–H and O–H groups in total. The first kappa shape index (κ1) is 14.3. The van der Waals surface area contributed by atoms with Gasteiger partial charge in [-0.3, -0.25) is 4.79 Å². The number of carbonyl (C=O) groups is 1. The van der Waals surface area contributed by atoms with Crippen LogP contribution in [-0.2, 0) is 0 Å². The Morgan fingerprint density at radius 3 is 2.86 bits per heavy atom. The van der Waals surface area contributed by atoms with Crippen LogP contribution in [-0.4, -0.2) is 28.9 Å². The number of likely N-dealkylation sites (tertiary alicyclic amines) is 1. The molecule has 2 heterocycles. The lowest BCUT2D eigenvalue weighted by molar-refractivity contribution is 0.0578. The van der Waals surface area contributed by atoms with Crippen LogP contribution >= 0.6 is 11.6 Å². The molecule has 1 aromatic heterocycles. The Kier molecular flexibility index (Phi) is 3.62. The topological polar surface area (TPSA) is 33.2 Å². The number of amides is 1. The summed E-state index contributed by atoms with van der Waals surface area (Å²) in [5.74, 6) is -0.0181. The van der Waals surface area contributed by atoms with E-state index in [2.05, 4.69) is 18.8 Å². The Morgan fingerprint density at radius 1 is 1.33 bits per heavy atom. The van der Waals surface area contributed by atoms with Crippen molar-refractivity contribution in [2.24, 2.45) is 5.41 Å². The van der Waals surface area contributed by atoms with E-state index in [1.165, 1.54) is 0 Å². The second-order valence-electron chi connectivity index (χ2n) is 6.50. The molecule has 0 bridgehead atoms. The van der Waals surface area contributed by atoms with Crippen molar-refractivity contribution in [3.8, 4) is 0 Å². The monoisotopic (exact) mass is 302 g/mol. The highest BCUT2D eigenvalue weighted by atomic mass is 35.5. The molecule has 1 saturated heterocycles. The van der Waals surface area contributed by atoms with Crippen molar-refractivity contribution < 1.29 is 4.79 Å². The Labute approximate surface area is 129 Å². The fourth-order valence-corrected chi connectivity index (χ4v) is 3.26. The standard InChI is InChI=1S/C17H19ClN2O/c1-17(2)8-5-9-20(11-17)16(21)15-10-13(18)12-6-3-4-7-14(12)19-15/h3-4,6-7,10H,5,8-9,11H2,1-2H3. The lowest BCUT2D eigenvalue weighted by atomic mass is 9.84. The number of hydrogen-bond acceptors (Lipinski definition) is 2. The van der Waals surface area contributed by atoms with Gasteiger partial charge in [-0.2, -0.15) is 0 Å². The number of nitrogens with zero attached hydrogens (tertiary/aromatic N) is 2. The molecule has 3 nitrogen and oxygen atoms in total. The molecule has 0 saturated carbocycles. The molecule has 1 aliphatic rings. The van der Waals surface area contributed by atoms with Crippen molar-refractivity contribution in [1.82, 2.24) is 9.88 Å². The fraction of sp³-hybridized carbons (Fsp3) is 0.412. The summed E-state index contributed by atoms with van der Waals surface area (Å²) in [6.07, 6.45) is 2.20. The third kappa shape index (κ3) is 2.88. The van der Waals surface area contributed by atoms with Crippen molar-refractivity contribution in [1.29, 1.82) is 0 Å². The molecular formula is C17H19ClN2O. The van der Waals surface area contributed by atoms with E-state index in [-0.39, 0.29) is 11.3 Å². The van der Waals surface area contributed by atoms with Gasteiger partial charge in [-0.1, -0.05) is 43.6 Å². The van der Waals surface area contributed by atoms with Gasteiger partial charge in [-0.05, 0) is 30.4 Å². The molecule has 0 spiro atoms. The molecule has 4 heteroatoms. The highest BCUT2D eigenvalue weighted by Gasteiger charge is 2.30. The fourth-order valence-electron chi connectivity index (χ4n) is 3.00. The molecule has 0 radical (unpaired) electrons. The average Bonchev–Trinajstić information content (AvgIpc) is 2.45. The third-order valence-corrected chi connectivity index (χ3v) is 4.39. The van der Waals surface area contributed by atoms with Crippen molar-refractivity contribution in [2.45, 2.75) is 26.7 Å². The normalized spacial score (nSPS) is 18.0. The van der Waals surface area contributed by atoms with E-state index in [1.807, 2.05) is 29.2 Å². The number of rotatable bonds is 1. The third-order valence-electron chi connectivity index (χ3n) is 4.07. The summed E-state index contributed by atoms with van der Waals surface area (Å²) in [7, 11) is 0. The smallest absolute Gasteiger partial charge is 0.272 e. The lowest BCUT2D eigenvalue weighted by Crippen LogP contribution is -2.43. The Morgan fingerprint density at radius 2 is 2.10 bits per heavy atom. The average molecular weight is 303 g/mol. The first-order chi connectivity index (χ1) is 9.96. The second-order valence-corrected chi connectivity index (χ2v) is 6.91. The number of para-hydroxylation sites is 1. The summed E-state index contributed by atoms with van der Waals surface area (Å²) >= 11 is 6.29. The summed E-state index contributed by atoms with van der Waals surface area (Å²) in [4.78, 5) is 19.1. The molecule has 21 heavy (non-hydrogen) atoms. The maximum absolute atomic E-state index is 12.7. The van der Waals surface area contributed by atoms with Gasteiger partial charge in [0.15, 0.2) is 0 Å². The zero-order valence-electron chi connectivity index (χ0n) is 12.4. The quantitative estimate of drug-likeness (QED) is 0.793. The van der Waals surface area contributed by atoms with E-state index < -0.39 is 0 Å². The van der Waals surface area contributed by atoms with Crippen LogP contribution < -0.4 is 0 Å². The van der Waals surface area contributed by atoms with Crippen LogP contribution in [0.25, 0.3) is 10.9 Å². The van der Waals surface area contributed by atoms with Crippen LogP contribution in [0.3, 0.4) is 0 Å². The number of piperidine rings is 1. The van der Waals surface area contributed by atoms with Crippen LogP contribution in [0.1, 0.15) is 37.2 Å². The van der Waals surface area contributed by atoms with Crippen molar-refractivity contribution in [2.75, 3.05) is 13.1 Å². The van der Waals surface area contributed by atoms with Crippen molar-refractivity contribution >= 4 is 28.4 Å². The lowest BCUT2D eigenvalue weighted by Gasteiger charge is -2.37. The number of pyridine rings is 1. The van der Waals surface area contributed by atoms with Crippen molar-refractivity contribution in [3.05, 3.63) is 41.0 Å². The maximum atomic E-state index is 12.7. The molecule has 0 aliphatic carbocycles. The van der Waals surface area contributed by atoms with E-state index in [9.17, 15) is 4.79 Å². The summed E-state index contributed by atoms with van der Waals surface area (Å²) in [5, 5.41) is 1.47. The number of aromatic nitrogens is 1. The molecule has 3 rings (SSSR count). The second kappa shape index (κ2) is 5.30. The minimum Gasteiger partial charge on any atom is -0.337 e. The van der Waals surface area contributed by atoms with Crippen molar-refractivity contribution in [3.63, 3.8) is 0 Å². The van der Waals surface area contributed by atoms with E-state index >= 15 is 0 Å². The summed E-state index contributed by atoms with van der Waals surface area (Å²) in [6, 6.07) is 9.32. The summed E-state index contributed by atoms with van der Waals surface area (Å²) < 4.78 is 0. The van der Waals surface area contributed by atoms with Gasteiger partial charge in [0.05, 0.1) is 10.5 Å². The number of fused-ring (bicyclic) bond motifs is 1. The SMILES string of the molecule is CC1(C)CCCN(C(=O)c2cc(Cl)c3ccccc3n2)C1. The van der Waals surface area contributed by atoms with Crippen LogP contribution in [0, 0.1) is 5.41 Å². The zero-order chi connectivity index (χ0) is 15.0. The highest BCUT2D eigenvalue weighted by molar-refractivity contribution is 6.35. The van der Waals surface area contributed by atoms with E-state index in [1.54, 1.807) is 6.07 Å². The molecule has 110 valence electrons. The number of halogens is 1. The van der Waals surface area contributed by atoms with Gasteiger partial charge in [0.25, 0.3) is 5.91 Å². The number of carbonyl (C=O) groups excluding carboxylic acids is 1. The van der Waals surface area contributed by atoms with Gasteiger partial charge >= 0.3 is 0 Å². The molecule has 1 aliphatic heterocycles. The van der Waals surface area contributed by atoms with Gasteiger partial charge in [-0.15, -0.1) is 0 Å². The summed E-state index contributed by atoms with van der Waals surface area (Å²) in [6.45, 7) is 5.98. The van der Waals surface area contributed by atoms with Crippen LogP contribution in [0.5, 0.6) is 0 Å². The minimum atomic E-state index is -0.0181. The largest absolute Gasteiger partial charge is 0.337 e. The first-order valence-electron chi connectivity index (χ1n) is 7.31. The molecule has 1 amide bonds. The van der Waals surface area contributed by atoms with E-state index in [0.717, 1.165) is 36.8 Å². The van der Waals surface area contributed by atoms with Gasteiger partial charge in [0.1, 0.15) is 5.69 Å². The number of hydrogen-bond donors (Lipinski definition) is 0. The Hall–Kier alpha value is -1.61. The molecule has 0 atom stereocenters. The highest BCUT2D eigenvalue weighted by Crippen LogP contribution is 2.30. The molecule has 0 unspecified atom stereocenters. The van der Waals surface area contributed by atoms with E-state index in [0.29, 0.717) is 10.7 Å². The van der Waals surface area contributed by atoms with Gasteiger partial charge in [0.2, 0.25) is 0 Å². The predicted octanol–water partition coefficient (Wildman–Crippen LogP) is 4.15. The predicted molar refractivity (Wildman–Crippen MR) is 85.7 cm³/mol. The van der Waals surface area contributed by atoms with Gasteiger partial charge in [-0.25, -0.2) is 4.98 Å². The number of benzene rings is 1. The van der Waals surface area contributed by atoms with Gasteiger partial charge < -0.3 is 4.90 Å². The van der Waals surface area contributed by atoms with Crippen LogP contribution in [0.2, 0.25) is 5.02 Å². The van der Waals surface area contributed by atoms with Crippen LogP contribution in [0.4, 0.5) is 0 Å². The van der Waals surface area contributed by atoms with Gasteiger partial charge in [0, 0.05) is 18.5 Å². The molecule has 1 fully saturated rings. The van der Waals surface area contributed by atoms with Crippen LogP contribution in [0.15, 0.2) is 30.3 Å². The zero-order valence-corrected chi connectivity index (χ0v) is 13.2. The minimum absolute atomic E-state index is 0.0181. The molecular weight excluding hydrogens is 284 g/mol. The molecule has 2 aromatic rings.